The van der Waals surface area contributed by atoms with Crippen LogP contribution in [0, 0.1) is 11.7 Å². The first-order chi connectivity index (χ1) is 12.1. The molecule has 1 N–H and O–H groups in total. The quantitative estimate of drug-likeness (QED) is 0.906. The highest BCUT2D eigenvalue weighted by Crippen LogP contribution is 2.22. The fourth-order valence-corrected chi connectivity index (χ4v) is 3.22. The average molecular weight is 341 g/mol. The van der Waals surface area contributed by atoms with Crippen LogP contribution in [0.4, 0.5) is 10.1 Å². The Morgan fingerprint density at radius 3 is 2.88 bits per heavy atom. The summed E-state index contributed by atoms with van der Waals surface area (Å²) >= 11 is 0. The van der Waals surface area contributed by atoms with Crippen molar-refractivity contribution >= 4 is 11.6 Å². The molecule has 1 aliphatic heterocycles. The topological polar surface area (TPSA) is 45.2 Å². The summed E-state index contributed by atoms with van der Waals surface area (Å²) in [6.45, 7) is 4.79. The van der Waals surface area contributed by atoms with E-state index in [1.165, 1.54) is 25.0 Å². The lowest BCUT2D eigenvalue weighted by Gasteiger charge is -2.32. The molecular formula is C20H24FN3O. The van der Waals surface area contributed by atoms with Crippen molar-refractivity contribution in [3.05, 3.63) is 59.7 Å². The van der Waals surface area contributed by atoms with Crippen LogP contribution in [0.25, 0.3) is 0 Å². The summed E-state index contributed by atoms with van der Waals surface area (Å²) in [7, 11) is 0. The van der Waals surface area contributed by atoms with E-state index in [0.29, 0.717) is 24.4 Å². The molecule has 2 aromatic rings. The van der Waals surface area contributed by atoms with E-state index in [4.69, 9.17) is 0 Å². The monoisotopic (exact) mass is 341 g/mol. The number of piperidine rings is 1. The molecule has 1 fully saturated rings. The van der Waals surface area contributed by atoms with Crippen molar-refractivity contribution in [2.24, 2.45) is 5.92 Å². The van der Waals surface area contributed by atoms with E-state index in [0.717, 1.165) is 24.3 Å². The predicted octanol–water partition coefficient (Wildman–Crippen LogP) is 3.43. The molecule has 1 saturated heterocycles. The van der Waals surface area contributed by atoms with Crippen LogP contribution in [-0.4, -0.2) is 30.5 Å². The molecule has 1 aromatic heterocycles. The van der Waals surface area contributed by atoms with E-state index in [2.05, 4.69) is 22.1 Å². The van der Waals surface area contributed by atoms with Crippen molar-refractivity contribution in [2.45, 2.75) is 26.2 Å². The van der Waals surface area contributed by atoms with Gasteiger partial charge < -0.3 is 10.2 Å². The van der Waals surface area contributed by atoms with Crippen LogP contribution in [0.5, 0.6) is 0 Å². The van der Waals surface area contributed by atoms with Gasteiger partial charge >= 0.3 is 0 Å². The van der Waals surface area contributed by atoms with Gasteiger partial charge in [-0.25, -0.2) is 4.39 Å². The largest absolute Gasteiger partial charge is 0.370 e. The number of benzene rings is 1. The molecule has 0 bridgehead atoms. The normalized spacial score (nSPS) is 17.4. The van der Waals surface area contributed by atoms with Crippen LogP contribution >= 0.6 is 0 Å². The van der Waals surface area contributed by atoms with E-state index in [9.17, 15) is 9.18 Å². The highest BCUT2D eigenvalue weighted by Gasteiger charge is 2.18. The second-order valence-electron chi connectivity index (χ2n) is 6.76. The van der Waals surface area contributed by atoms with Crippen molar-refractivity contribution in [3.63, 3.8) is 0 Å². The number of rotatable bonds is 5. The number of hydrogen-bond donors (Lipinski definition) is 1. The maximum Gasteiger partial charge on any atom is 0.252 e. The van der Waals surface area contributed by atoms with Gasteiger partial charge in [0, 0.05) is 25.8 Å². The zero-order valence-electron chi connectivity index (χ0n) is 14.5. The van der Waals surface area contributed by atoms with E-state index in [-0.39, 0.29) is 11.7 Å². The van der Waals surface area contributed by atoms with Crippen molar-refractivity contribution in [1.29, 1.82) is 0 Å². The number of hydrogen-bond acceptors (Lipinski definition) is 3. The van der Waals surface area contributed by atoms with Crippen LogP contribution < -0.4 is 10.2 Å². The number of carbonyl (C=O) groups excluding carboxylic acids is 1. The molecule has 5 heteroatoms. The molecule has 4 nitrogen and oxygen atoms in total. The first-order valence-corrected chi connectivity index (χ1v) is 8.84. The number of aromatic nitrogens is 1. The van der Waals surface area contributed by atoms with E-state index >= 15 is 0 Å². The molecule has 1 aromatic carbocycles. The highest BCUT2D eigenvalue weighted by molar-refractivity contribution is 5.94. The summed E-state index contributed by atoms with van der Waals surface area (Å²) < 4.78 is 12.9. The third-order valence-corrected chi connectivity index (χ3v) is 4.62. The van der Waals surface area contributed by atoms with Gasteiger partial charge in [0.2, 0.25) is 0 Å². The minimum atomic E-state index is -0.247. The Morgan fingerprint density at radius 2 is 2.12 bits per heavy atom. The van der Waals surface area contributed by atoms with Crippen LogP contribution in [0.2, 0.25) is 0 Å². The minimum Gasteiger partial charge on any atom is -0.370 e. The van der Waals surface area contributed by atoms with Gasteiger partial charge in [-0.2, -0.15) is 0 Å². The fourth-order valence-electron chi connectivity index (χ4n) is 3.22. The molecule has 0 spiro atoms. The Bertz CT molecular complexity index is 717. The first kappa shape index (κ1) is 17.4. The average Bonchev–Trinajstić information content (AvgIpc) is 2.63. The Hall–Kier alpha value is -2.43. The summed E-state index contributed by atoms with van der Waals surface area (Å²) in [5, 5.41) is 2.91. The van der Waals surface area contributed by atoms with E-state index in [1.54, 1.807) is 18.3 Å². The minimum absolute atomic E-state index is 0.124. The van der Waals surface area contributed by atoms with Crippen molar-refractivity contribution in [2.75, 3.05) is 24.5 Å². The summed E-state index contributed by atoms with van der Waals surface area (Å²) in [4.78, 5) is 18.9. The molecule has 2 heterocycles. The second kappa shape index (κ2) is 8.10. The van der Waals surface area contributed by atoms with Crippen LogP contribution in [0.1, 0.15) is 35.7 Å². The summed E-state index contributed by atoms with van der Waals surface area (Å²) in [6.07, 6.45) is 6.53. The Balaban J connectivity index is 1.56. The van der Waals surface area contributed by atoms with E-state index < -0.39 is 0 Å². The van der Waals surface area contributed by atoms with Gasteiger partial charge in [-0.15, -0.1) is 0 Å². The molecule has 1 aliphatic rings. The summed E-state index contributed by atoms with van der Waals surface area (Å²) in [6, 6.07) is 8.26. The molecule has 1 atom stereocenters. The highest BCUT2D eigenvalue weighted by atomic mass is 19.1. The summed E-state index contributed by atoms with van der Waals surface area (Å²) in [5.41, 5.74) is 2.59. The molecule has 25 heavy (non-hydrogen) atoms. The molecule has 1 amide bonds. The molecule has 1 unspecified atom stereocenters. The van der Waals surface area contributed by atoms with Gasteiger partial charge in [0.25, 0.3) is 5.91 Å². The maximum absolute atomic E-state index is 12.9. The number of anilines is 1. The standard InChI is InChI=1S/C20H24FN3O/c1-15-3-2-10-24(14-15)19-11-17(12-22-13-19)20(25)23-9-8-16-4-6-18(21)7-5-16/h4-7,11-13,15H,2-3,8-10,14H2,1H3,(H,23,25). The lowest BCUT2D eigenvalue weighted by molar-refractivity contribution is 0.0954. The van der Waals surface area contributed by atoms with Crippen molar-refractivity contribution in [1.82, 2.24) is 10.3 Å². The first-order valence-electron chi connectivity index (χ1n) is 8.84. The van der Waals surface area contributed by atoms with Gasteiger partial charge in [0.05, 0.1) is 17.4 Å². The third kappa shape index (κ3) is 4.78. The molecule has 3 rings (SSSR count). The zero-order chi connectivity index (χ0) is 17.6. The number of pyridine rings is 1. The number of carbonyl (C=O) groups is 1. The van der Waals surface area contributed by atoms with Gasteiger partial charge in [-0.3, -0.25) is 9.78 Å². The second-order valence-corrected chi connectivity index (χ2v) is 6.76. The fraction of sp³-hybridized carbons (Fsp3) is 0.400. The Labute approximate surface area is 148 Å². The number of nitrogens with one attached hydrogen (secondary N) is 1. The molecule has 0 radical (unpaired) electrons. The number of nitrogens with zero attached hydrogens (tertiary/aromatic N) is 2. The predicted molar refractivity (Wildman–Crippen MR) is 97.3 cm³/mol. The Morgan fingerprint density at radius 1 is 1.32 bits per heavy atom. The van der Waals surface area contributed by atoms with Gasteiger partial charge in [0.15, 0.2) is 0 Å². The molecule has 0 aliphatic carbocycles. The van der Waals surface area contributed by atoms with Gasteiger partial charge in [-0.05, 0) is 48.9 Å². The smallest absolute Gasteiger partial charge is 0.252 e. The molecule has 132 valence electrons. The van der Waals surface area contributed by atoms with Crippen molar-refractivity contribution in [3.8, 4) is 0 Å². The van der Waals surface area contributed by atoms with Gasteiger partial charge in [0.1, 0.15) is 5.82 Å². The molecular weight excluding hydrogens is 317 g/mol. The van der Waals surface area contributed by atoms with Crippen LogP contribution in [0.3, 0.4) is 0 Å². The van der Waals surface area contributed by atoms with Crippen molar-refractivity contribution < 1.29 is 9.18 Å². The SMILES string of the molecule is CC1CCCN(c2cncc(C(=O)NCCc3ccc(F)cc3)c2)C1. The maximum atomic E-state index is 12.9. The molecule has 0 saturated carbocycles. The van der Waals surface area contributed by atoms with Gasteiger partial charge in [-0.1, -0.05) is 19.1 Å². The lowest BCUT2D eigenvalue weighted by Crippen LogP contribution is -2.34. The summed E-state index contributed by atoms with van der Waals surface area (Å²) in [5.74, 6) is 0.297. The number of halogens is 1. The lowest BCUT2D eigenvalue weighted by atomic mass is 10.00. The van der Waals surface area contributed by atoms with Crippen LogP contribution in [-0.2, 0) is 6.42 Å². The van der Waals surface area contributed by atoms with E-state index in [1.807, 2.05) is 12.3 Å². The third-order valence-electron chi connectivity index (χ3n) is 4.62. The zero-order valence-corrected chi connectivity index (χ0v) is 14.5. The Kier molecular flexibility index (Phi) is 5.64. The van der Waals surface area contributed by atoms with Crippen LogP contribution in [0.15, 0.2) is 42.7 Å². The number of amides is 1.